The normalized spacial score (nSPS) is 23.6. The molecule has 176 valence electrons. The Morgan fingerprint density at radius 3 is 2.65 bits per heavy atom. The van der Waals surface area contributed by atoms with E-state index in [-0.39, 0.29) is 29.6 Å². The maximum Gasteiger partial charge on any atom is 0.255 e. The number of piperidine rings is 2. The van der Waals surface area contributed by atoms with E-state index in [9.17, 15) is 14.4 Å². The molecule has 4 heterocycles. The average Bonchev–Trinajstić information content (AvgIpc) is 3.17. The first-order valence-corrected chi connectivity index (χ1v) is 12.3. The van der Waals surface area contributed by atoms with Crippen LogP contribution in [0.4, 0.5) is 5.69 Å². The molecule has 3 amide bonds. The Labute approximate surface area is 199 Å². The molecule has 2 fully saturated rings. The molecule has 0 bridgehead atoms. The first-order chi connectivity index (χ1) is 16.5. The lowest BCUT2D eigenvalue weighted by molar-refractivity contribution is -0.136. The van der Waals surface area contributed by atoms with Crippen LogP contribution in [0.2, 0.25) is 0 Å². The Kier molecular flexibility index (Phi) is 5.17. The summed E-state index contributed by atoms with van der Waals surface area (Å²) in [7, 11) is 0. The second-order valence-corrected chi connectivity index (χ2v) is 10.3. The van der Waals surface area contributed by atoms with Crippen molar-refractivity contribution in [2.45, 2.75) is 51.2 Å². The SMILES string of the molecule is O=C1CCC(N2Cc3c(CN4CC5(CCNCC5)Cc5ccccc54)cccc3C2=O)C(=O)N1. The smallest absolute Gasteiger partial charge is 0.255 e. The predicted molar refractivity (Wildman–Crippen MR) is 128 cm³/mol. The van der Waals surface area contributed by atoms with Crippen molar-refractivity contribution in [2.75, 3.05) is 24.5 Å². The van der Waals surface area contributed by atoms with Crippen LogP contribution in [0.15, 0.2) is 42.5 Å². The van der Waals surface area contributed by atoms with Gasteiger partial charge in [0.1, 0.15) is 6.04 Å². The van der Waals surface area contributed by atoms with Crippen LogP contribution in [0.3, 0.4) is 0 Å². The van der Waals surface area contributed by atoms with Gasteiger partial charge in [-0.1, -0.05) is 30.3 Å². The highest BCUT2D eigenvalue weighted by Crippen LogP contribution is 2.43. The summed E-state index contributed by atoms with van der Waals surface area (Å²) in [4.78, 5) is 41.4. The van der Waals surface area contributed by atoms with Gasteiger partial charge in [0.15, 0.2) is 0 Å². The van der Waals surface area contributed by atoms with Gasteiger partial charge in [-0.2, -0.15) is 0 Å². The standard InChI is InChI=1S/C27H30N4O3/c32-24-9-8-23(25(33)29-24)31-16-21-19(5-3-6-20(21)26(31)34)15-30-17-27(10-12-28-13-11-27)14-18-4-1-2-7-22(18)30/h1-7,23,28H,8-17H2,(H,29,32,33). The molecule has 1 atom stereocenters. The molecule has 4 aliphatic rings. The van der Waals surface area contributed by atoms with E-state index in [1.807, 2.05) is 12.1 Å². The lowest BCUT2D eigenvalue weighted by atomic mass is 9.71. The maximum atomic E-state index is 13.2. The van der Waals surface area contributed by atoms with Gasteiger partial charge in [0, 0.05) is 37.3 Å². The number of anilines is 1. The molecular weight excluding hydrogens is 428 g/mol. The van der Waals surface area contributed by atoms with Crippen molar-refractivity contribution in [3.8, 4) is 0 Å². The van der Waals surface area contributed by atoms with Crippen molar-refractivity contribution < 1.29 is 14.4 Å². The Hall–Kier alpha value is -3.19. The quantitative estimate of drug-likeness (QED) is 0.691. The molecule has 0 aromatic heterocycles. The van der Waals surface area contributed by atoms with Gasteiger partial charge in [-0.3, -0.25) is 19.7 Å². The highest BCUT2D eigenvalue weighted by atomic mass is 16.2. The van der Waals surface area contributed by atoms with Gasteiger partial charge in [0.05, 0.1) is 0 Å². The summed E-state index contributed by atoms with van der Waals surface area (Å²) >= 11 is 0. The Morgan fingerprint density at radius 1 is 1.00 bits per heavy atom. The van der Waals surface area contributed by atoms with Gasteiger partial charge < -0.3 is 15.1 Å². The van der Waals surface area contributed by atoms with Crippen LogP contribution >= 0.6 is 0 Å². The topological polar surface area (TPSA) is 81.8 Å². The highest BCUT2D eigenvalue weighted by molar-refractivity contribution is 6.05. The van der Waals surface area contributed by atoms with Crippen LogP contribution in [0.1, 0.15) is 52.7 Å². The molecule has 4 aliphatic heterocycles. The zero-order valence-electron chi connectivity index (χ0n) is 19.3. The van der Waals surface area contributed by atoms with Crippen molar-refractivity contribution in [2.24, 2.45) is 5.41 Å². The van der Waals surface area contributed by atoms with Crippen LogP contribution in [0, 0.1) is 5.41 Å². The van der Waals surface area contributed by atoms with Crippen LogP contribution in [-0.4, -0.2) is 48.3 Å². The molecule has 0 aliphatic carbocycles. The van der Waals surface area contributed by atoms with Crippen LogP contribution < -0.4 is 15.5 Å². The largest absolute Gasteiger partial charge is 0.366 e. The third-order valence-electron chi connectivity index (χ3n) is 8.13. The Bertz CT molecular complexity index is 1170. The third kappa shape index (κ3) is 3.59. The summed E-state index contributed by atoms with van der Waals surface area (Å²) in [5.41, 5.74) is 5.82. The number of amides is 3. The number of benzene rings is 2. The Morgan fingerprint density at radius 2 is 1.82 bits per heavy atom. The van der Waals surface area contributed by atoms with Gasteiger partial charge in [-0.15, -0.1) is 0 Å². The molecule has 7 heteroatoms. The number of nitrogens with one attached hydrogen (secondary N) is 2. The molecule has 6 rings (SSSR count). The van der Waals surface area contributed by atoms with E-state index in [0.717, 1.165) is 43.7 Å². The van der Waals surface area contributed by atoms with Crippen LogP contribution in [-0.2, 0) is 29.1 Å². The fourth-order valence-corrected chi connectivity index (χ4v) is 6.36. The number of rotatable bonds is 3. The minimum Gasteiger partial charge on any atom is -0.366 e. The molecule has 1 spiro atoms. The monoisotopic (exact) mass is 458 g/mol. The highest BCUT2D eigenvalue weighted by Gasteiger charge is 2.41. The van der Waals surface area contributed by atoms with Gasteiger partial charge in [0.2, 0.25) is 11.8 Å². The van der Waals surface area contributed by atoms with E-state index in [2.05, 4.69) is 45.9 Å². The first kappa shape index (κ1) is 21.4. The number of imide groups is 1. The summed E-state index contributed by atoms with van der Waals surface area (Å²) in [6.07, 6.45) is 4.12. The van der Waals surface area contributed by atoms with Gasteiger partial charge >= 0.3 is 0 Å². The molecule has 2 aromatic rings. The van der Waals surface area contributed by atoms with E-state index in [4.69, 9.17) is 0 Å². The lowest BCUT2D eigenvalue weighted by Crippen LogP contribution is -2.52. The molecule has 1 unspecified atom stereocenters. The van der Waals surface area contributed by atoms with E-state index in [1.54, 1.807) is 4.90 Å². The van der Waals surface area contributed by atoms with Crippen molar-refractivity contribution in [1.29, 1.82) is 0 Å². The zero-order valence-corrected chi connectivity index (χ0v) is 19.3. The number of carbonyl (C=O) groups excluding carboxylic acids is 3. The van der Waals surface area contributed by atoms with Crippen molar-refractivity contribution in [3.05, 3.63) is 64.7 Å². The second kappa shape index (κ2) is 8.24. The van der Waals surface area contributed by atoms with Crippen molar-refractivity contribution in [1.82, 2.24) is 15.5 Å². The van der Waals surface area contributed by atoms with Gasteiger partial charge in [-0.05, 0) is 73.0 Å². The number of hydrogen-bond acceptors (Lipinski definition) is 5. The summed E-state index contributed by atoms with van der Waals surface area (Å²) in [5, 5.41) is 5.90. The lowest BCUT2D eigenvalue weighted by Gasteiger charge is -2.47. The minimum atomic E-state index is -0.584. The average molecular weight is 459 g/mol. The second-order valence-electron chi connectivity index (χ2n) is 10.3. The minimum absolute atomic E-state index is 0.111. The number of nitrogens with zero attached hydrogens (tertiary/aromatic N) is 2. The van der Waals surface area contributed by atoms with Crippen molar-refractivity contribution >= 4 is 23.4 Å². The van der Waals surface area contributed by atoms with Crippen molar-refractivity contribution in [3.63, 3.8) is 0 Å². The van der Waals surface area contributed by atoms with E-state index in [0.29, 0.717) is 18.5 Å². The third-order valence-corrected chi connectivity index (χ3v) is 8.13. The molecule has 0 saturated carbocycles. The summed E-state index contributed by atoms with van der Waals surface area (Å²) in [6, 6.07) is 14.1. The molecule has 0 radical (unpaired) electrons. The molecular formula is C27H30N4O3. The molecule has 2 aromatic carbocycles. The van der Waals surface area contributed by atoms with E-state index < -0.39 is 6.04 Å². The van der Waals surface area contributed by atoms with Gasteiger partial charge in [0.25, 0.3) is 5.91 Å². The zero-order chi connectivity index (χ0) is 23.3. The molecule has 2 saturated heterocycles. The number of para-hydroxylation sites is 1. The molecule has 7 nitrogen and oxygen atoms in total. The maximum absolute atomic E-state index is 13.2. The number of carbonyl (C=O) groups is 3. The number of hydrogen-bond donors (Lipinski definition) is 2. The molecule has 2 N–H and O–H groups in total. The first-order valence-electron chi connectivity index (χ1n) is 12.3. The number of fused-ring (bicyclic) bond motifs is 2. The van der Waals surface area contributed by atoms with Crippen LogP contribution in [0.25, 0.3) is 0 Å². The molecule has 34 heavy (non-hydrogen) atoms. The summed E-state index contributed by atoms with van der Waals surface area (Å²) in [5.74, 6) is -0.737. The van der Waals surface area contributed by atoms with E-state index in [1.165, 1.54) is 24.1 Å². The summed E-state index contributed by atoms with van der Waals surface area (Å²) < 4.78 is 0. The van der Waals surface area contributed by atoms with E-state index >= 15 is 0 Å². The predicted octanol–water partition coefficient (Wildman–Crippen LogP) is 2.38. The fraction of sp³-hybridized carbons (Fsp3) is 0.444. The summed E-state index contributed by atoms with van der Waals surface area (Å²) in [6.45, 7) is 4.30. The fourth-order valence-electron chi connectivity index (χ4n) is 6.36. The van der Waals surface area contributed by atoms with Gasteiger partial charge in [-0.25, -0.2) is 0 Å². The van der Waals surface area contributed by atoms with Crippen LogP contribution in [0.5, 0.6) is 0 Å². The Balaban J connectivity index is 1.30.